The molecular weight excluding hydrogens is 298 g/mol. The Hall–Kier alpha value is -1.33. The maximum absolute atomic E-state index is 5.82. The summed E-state index contributed by atoms with van der Waals surface area (Å²) in [5.41, 5.74) is 7.85. The Bertz CT molecular complexity index is 699. The number of halogens is 1. The van der Waals surface area contributed by atoms with E-state index in [2.05, 4.69) is 38.4 Å². The van der Waals surface area contributed by atoms with Crippen LogP contribution < -0.4 is 5.73 Å². The summed E-state index contributed by atoms with van der Waals surface area (Å²) in [5, 5.41) is 3.34. The van der Waals surface area contributed by atoms with Crippen LogP contribution in [-0.2, 0) is 7.05 Å². The predicted octanol–water partition coefficient (Wildman–Crippen LogP) is 3.65. The lowest BCUT2D eigenvalue weighted by Crippen LogP contribution is -1.96. The average molecular weight is 308 g/mol. The minimum atomic E-state index is 0.516. The van der Waals surface area contributed by atoms with Crippen LogP contribution in [0.4, 0.5) is 5.95 Å². The van der Waals surface area contributed by atoms with Gasteiger partial charge in [-0.05, 0) is 22.0 Å². The van der Waals surface area contributed by atoms with E-state index in [1.54, 1.807) is 11.3 Å². The Balaban J connectivity index is 2.31. The van der Waals surface area contributed by atoms with Crippen LogP contribution in [-0.4, -0.2) is 9.55 Å². The Kier molecular flexibility index (Phi) is 2.45. The second kappa shape index (κ2) is 3.85. The van der Waals surface area contributed by atoms with Crippen LogP contribution in [0.25, 0.3) is 21.3 Å². The molecule has 0 aliphatic rings. The summed E-state index contributed by atoms with van der Waals surface area (Å²) < 4.78 is 4.01. The summed E-state index contributed by atoms with van der Waals surface area (Å²) in [4.78, 5) is 4.40. The molecule has 3 rings (SSSR count). The minimum Gasteiger partial charge on any atom is -0.369 e. The maximum atomic E-state index is 5.82. The summed E-state index contributed by atoms with van der Waals surface area (Å²) in [6, 6.07) is 8.31. The molecule has 3 nitrogen and oxygen atoms in total. The number of thiophene rings is 1. The Morgan fingerprint density at radius 1 is 1.35 bits per heavy atom. The van der Waals surface area contributed by atoms with E-state index in [9.17, 15) is 0 Å². The fraction of sp³-hybridized carbons (Fsp3) is 0.0833. The molecule has 1 aromatic carbocycles. The third-order valence-electron chi connectivity index (χ3n) is 2.80. The van der Waals surface area contributed by atoms with Crippen molar-refractivity contribution in [2.24, 2.45) is 7.05 Å². The zero-order valence-electron chi connectivity index (χ0n) is 9.14. The molecule has 0 aliphatic heterocycles. The number of imidazole rings is 1. The molecule has 0 saturated carbocycles. The second-order valence-electron chi connectivity index (χ2n) is 3.81. The molecule has 86 valence electrons. The quantitative estimate of drug-likeness (QED) is 0.746. The SMILES string of the molecule is Cn1c(N)nc(-c2csc3ccccc23)c1Br. The monoisotopic (exact) mass is 307 g/mol. The summed E-state index contributed by atoms with van der Waals surface area (Å²) in [6.45, 7) is 0. The van der Waals surface area contributed by atoms with Gasteiger partial charge >= 0.3 is 0 Å². The molecule has 0 spiro atoms. The van der Waals surface area contributed by atoms with Crippen LogP contribution >= 0.6 is 27.3 Å². The number of hydrogen-bond donors (Lipinski definition) is 1. The van der Waals surface area contributed by atoms with E-state index in [1.165, 1.54) is 10.1 Å². The number of anilines is 1. The molecule has 0 saturated heterocycles. The smallest absolute Gasteiger partial charge is 0.201 e. The van der Waals surface area contributed by atoms with Crippen molar-refractivity contribution in [3.05, 3.63) is 34.2 Å². The van der Waals surface area contributed by atoms with Gasteiger partial charge in [0.25, 0.3) is 0 Å². The minimum absolute atomic E-state index is 0.516. The van der Waals surface area contributed by atoms with Gasteiger partial charge < -0.3 is 10.3 Å². The van der Waals surface area contributed by atoms with Crippen molar-refractivity contribution in [1.29, 1.82) is 0 Å². The van der Waals surface area contributed by atoms with E-state index in [0.29, 0.717) is 5.95 Å². The number of benzene rings is 1. The van der Waals surface area contributed by atoms with Crippen LogP contribution in [0.1, 0.15) is 0 Å². The highest BCUT2D eigenvalue weighted by molar-refractivity contribution is 9.10. The standard InChI is InChI=1S/C12H10BrN3S/c1-16-11(13)10(15-12(16)14)8-6-17-9-5-3-2-4-7(8)9/h2-6H,1H3,(H2,14,15). The topological polar surface area (TPSA) is 43.8 Å². The van der Waals surface area contributed by atoms with Gasteiger partial charge in [0.1, 0.15) is 10.3 Å². The van der Waals surface area contributed by atoms with E-state index < -0.39 is 0 Å². The molecule has 0 aliphatic carbocycles. The van der Waals surface area contributed by atoms with Gasteiger partial charge in [-0.15, -0.1) is 11.3 Å². The van der Waals surface area contributed by atoms with Gasteiger partial charge in [0.2, 0.25) is 5.95 Å². The number of nitrogens with zero attached hydrogens (tertiary/aromatic N) is 2. The van der Waals surface area contributed by atoms with E-state index in [-0.39, 0.29) is 0 Å². The molecule has 0 bridgehead atoms. The van der Waals surface area contributed by atoms with Gasteiger partial charge in [0, 0.05) is 28.1 Å². The Labute approximate surface area is 111 Å². The lowest BCUT2D eigenvalue weighted by molar-refractivity contribution is 0.907. The van der Waals surface area contributed by atoms with Crippen molar-refractivity contribution in [3.8, 4) is 11.3 Å². The second-order valence-corrected chi connectivity index (χ2v) is 5.48. The molecule has 0 amide bonds. The molecule has 0 radical (unpaired) electrons. The number of hydrogen-bond acceptors (Lipinski definition) is 3. The molecule has 2 N–H and O–H groups in total. The van der Waals surface area contributed by atoms with Crippen LogP contribution in [0.3, 0.4) is 0 Å². The highest BCUT2D eigenvalue weighted by atomic mass is 79.9. The summed E-state index contributed by atoms with van der Waals surface area (Å²) >= 11 is 5.25. The van der Waals surface area contributed by atoms with Crippen LogP contribution in [0.2, 0.25) is 0 Å². The number of fused-ring (bicyclic) bond motifs is 1. The fourth-order valence-corrected chi connectivity index (χ4v) is 3.26. The maximum Gasteiger partial charge on any atom is 0.201 e. The molecule has 2 aromatic heterocycles. The zero-order valence-corrected chi connectivity index (χ0v) is 11.5. The van der Waals surface area contributed by atoms with Gasteiger partial charge in [0.15, 0.2) is 0 Å². The predicted molar refractivity (Wildman–Crippen MR) is 76.1 cm³/mol. The van der Waals surface area contributed by atoms with Crippen LogP contribution in [0, 0.1) is 0 Å². The van der Waals surface area contributed by atoms with E-state index in [1.807, 2.05) is 23.7 Å². The lowest BCUT2D eigenvalue weighted by Gasteiger charge is -1.97. The summed E-state index contributed by atoms with van der Waals surface area (Å²) in [7, 11) is 1.89. The molecule has 5 heteroatoms. The average Bonchev–Trinajstić information content (AvgIpc) is 2.86. The third-order valence-corrected chi connectivity index (χ3v) is 4.67. The van der Waals surface area contributed by atoms with Crippen molar-refractivity contribution in [3.63, 3.8) is 0 Å². The lowest BCUT2D eigenvalue weighted by atomic mass is 10.1. The fourth-order valence-electron chi connectivity index (χ4n) is 1.83. The van der Waals surface area contributed by atoms with Crippen molar-refractivity contribution in [2.45, 2.75) is 0 Å². The Morgan fingerprint density at radius 2 is 2.12 bits per heavy atom. The largest absolute Gasteiger partial charge is 0.369 e. The summed E-state index contributed by atoms with van der Waals surface area (Å²) in [6.07, 6.45) is 0. The highest BCUT2D eigenvalue weighted by Crippen LogP contribution is 2.37. The normalized spacial score (nSPS) is 11.2. The van der Waals surface area contributed by atoms with Crippen molar-refractivity contribution in [2.75, 3.05) is 5.73 Å². The van der Waals surface area contributed by atoms with Crippen LogP contribution in [0.15, 0.2) is 34.2 Å². The first kappa shape index (κ1) is 10.8. The first-order valence-corrected chi connectivity index (χ1v) is 6.80. The van der Waals surface area contributed by atoms with E-state index >= 15 is 0 Å². The van der Waals surface area contributed by atoms with Gasteiger partial charge in [-0.25, -0.2) is 4.98 Å². The Morgan fingerprint density at radius 3 is 2.82 bits per heavy atom. The van der Waals surface area contributed by atoms with Crippen LogP contribution in [0.5, 0.6) is 0 Å². The van der Waals surface area contributed by atoms with Gasteiger partial charge in [-0.3, -0.25) is 0 Å². The molecule has 0 fully saturated rings. The van der Waals surface area contributed by atoms with E-state index in [0.717, 1.165) is 15.9 Å². The third kappa shape index (κ3) is 1.57. The first-order chi connectivity index (χ1) is 8.18. The van der Waals surface area contributed by atoms with E-state index in [4.69, 9.17) is 5.73 Å². The highest BCUT2D eigenvalue weighted by Gasteiger charge is 2.15. The van der Waals surface area contributed by atoms with Crippen molar-refractivity contribution in [1.82, 2.24) is 9.55 Å². The van der Waals surface area contributed by atoms with Crippen molar-refractivity contribution >= 4 is 43.3 Å². The van der Waals surface area contributed by atoms with Gasteiger partial charge in [-0.1, -0.05) is 18.2 Å². The number of rotatable bonds is 1. The molecule has 0 atom stereocenters. The molecule has 17 heavy (non-hydrogen) atoms. The molecular formula is C12H10BrN3S. The first-order valence-electron chi connectivity index (χ1n) is 5.13. The van der Waals surface area contributed by atoms with Crippen molar-refractivity contribution < 1.29 is 0 Å². The van der Waals surface area contributed by atoms with Gasteiger partial charge in [0.05, 0.1) is 0 Å². The molecule has 2 heterocycles. The molecule has 0 unspecified atom stereocenters. The number of nitrogen functional groups attached to an aromatic ring is 1. The number of aromatic nitrogens is 2. The zero-order chi connectivity index (χ0) is 12.0. The number of nitrogens with two attached hydrogens (primary N) is 1. The molecule has 3 aromatic rings. The van der Waals surface area contributed by atoms with Gasteiger partial charge in [-0.2, -0.15) is 0 Å². The summed E-state index contributed by atoms with van der Waals surface area (Å²) in [5.74, 6) is 0.516.